The van der Waals surface area contributed by atoms with E-state index >= 15 is 0 Å². The average molecular weight is 423 g/mol. The third kappa shape index (κ3) is 4.73. The maximum atomic E-state index is 11.8. The Morgan fingerprint density at radius 3 is 2.95 bits per heavy atom. The van der Waals surface area contributed by atoms with Crippen LogP contribution in [-0.2, 0) is 11.3 Å². The summed E-state index contributed by atoms with van der Waals surface area (Å²) in [6.07, 6.45) is 2.39. The standard InChI is InChI=1S/C13H13Br2NO3S/c14-10-7-11(20-12(10)15)13(17)16-4-2-5-18-8-9-3-1-6-19-9/h1,3,6-7H,2,4-5,8H2,(H,16,17). The van der Waals surface area contributed by atoms with Crippen molar-refractivity contribution in [2.24, 2.45) is 0 Å². The van der Waals surface area contributed by atoms with Crippen molar-refractivity contribution in [3.8, 4) is 0 Å². The van der Waals surface area contributed by atoms with Crippen LogP contribution in [-0.4, -0.2) is 19.1 Å². The minimum Gasteiger partial charge on any atom is -0.467 e. The maximum Gasteiger partial charge on any atom is 0.261 e. The van der Waals surface area contributed by atoms with Gasteiger partial charge in [-0.1, -0.05) is 0 Å². The van der Waals surface area contributed by atoms with E-state index in [1.54, 1.807) is 12.3 Å². The topological polar surface area (TPSA) is 51.5 Å². The zero-order valence-electron chi connectivity index (χ0n) is 10.5. The highest BCUT2D eigenvalue weighted by atomic mass is 79.9. The SMILES string of the molecule is O=C(NCCCOCc1ccco1)c1cc(Br)c(Br)s1. The summed E-state index contributed by atoms with van der Waals surface area (Å²) >= 11 is 8.13. The molecule has 2 rings (SSSR count). The monoisotopic (exact) mass is 421 g/mol. The van der Waals surface area contributed by atoms with Crippen molar-refractivity contribution in [1.82, 2.24) is 5.32 Å². The summed E-state index contributed by atoms with van der Waals surface area (Å²) in [6, 6.07) is 5.50. The van der Waals surface area contributed by atoms with Gasteiger partial charge in [-0.25, -0.2) is 0 Å². The second kappa shape index (κ2) is 7.97. The van der Waals surface area contributed by atoms with Crippen molar-refractivity contribution in [1.29, 1.82) is 0 Å². The third-order valence-electron chi connectivity index (χ3n) is 2.44. The van der Waals surface area contributed by atoms with Crippen molar-refractivity contribution >= 4 is 49.1 Å². The Morgan fingerprint density at radius 1 is 1.45 bits per heavy atom. The lowest BCUT2D eigenvalue weighted by Crippen LogP contribution is -2.24. The van der Waals surface area contributed by atoms with Crippen LogP contribution in [0.25, 0.3) is 0 Å². The Kier molecular flexibility index (Phi) is 6.28. The Hall–Kier alpha value is -0.630. The van der Waals surface area contributed by atoms with Gasteiger partial charge in [-0.3, -0.25) is 4.79 Å². The summed E-state index contributed by atoms with van der Waals surface area (Å²) in [6.45, 7) is 1.63. The second-order valence-electron chi connectivity index (χ2n) is 3.97. The van der Waals surface area contributed by atoms with Crippen LogP contribution in [0.3, 0.4) is 0 Å². The molecule has 0 bridgehead atoms. The number of carbonyl (C=O) groups is 1. The van der Waals surface area contributed by atoms with Gasteiger partial charge in [0.25, 0.3) is 5.91 Å². The number of hydrogen-bond donors (Lipinski definition) is 1. The molecule has 0 aliphatic carbocycles. The van der Waals surface area contributed by atoms with Crippen molar-refractivity contribution in [2.45, 2.75) is 13.0 Å². The first-order valence-electron chi connectivity index (χ1n) is 6.00. The summed E-state index contributed by atoms with van der Waals surface area (Å²) in [5.74, 6) is 0.745. The van der Waals surface area contributed by atoms with E-state index in [-0.39, 0.29) is 5.91 Å². The number of halogens is 2. The Bertz CT molecular complexity index is 534. The minimum atomic E-state index is -0.0626. The lowest BCUT2D eigenvalue weighted by atomic mass is 10.4. The number of rotatable bonds is 7. The molecular formula is C13H13Br2NO3S. The minimum absolute atomic E-state index is 0.0626. The molecule has 2 aromatic heterocycles. The van der Waals surface area contributed by atoms with Crippen LogP contribution in [0.5, 0.6) is 0 Å². The number of ether oxygens (including phenoxy) is 1. The first kappa shape index (κ1) is 15.8. The van der Waals surface area contributed by atoms with Gasteiger partial charge in [0, 0.05) is 17.6 Å². The Labute approximate surface area is 137 Å². The normalized spacial score (nSPS) is 10.7. The number of nitrogens with one attached hydrogen (secondary N) is 1. The molecule has 20 heavy (non-hydrogen) atoms. The molecule has 108 valence electrons. The third-order valence-corrected chi connectivity index (χ3v) is 5.70. The van der Waals surface area contributed by atoms with E-state index in [4.69, 9.17) is 9.15 Å². The molecule has 0 fully saturated rings. The molecule has 4 nitrogen and oxygen atoms in total. The van der Waals surface area contributed by atoms with Gasteiger partial charge < -0.3 is 14.5 Å². The van der Waals surface area contributed by atoms with Crippen LogP contribution in [0.15, 0.2) is 37.1 Å². The zero-order chi connectivity index (χ0) is 14.4. The Balaban J connectivity index is 1.60. The zero-order valence-corrected chi connectivity index (χ0v) is 14.5. The predicted molar refractivity (Wildman–Crippen MR) is 85.0 cm³/mol. The van der Waals surface area contributed by atoms with Gasteiger partial charge in [-0.15, -0.1) is 11.3 Å². The smallest absolute Gasteiger partial charge is 0.261 e. The number of furan rings is 1. The van der Waals surface area contributed by atoms with E-state index in [0.29, 0.717) is 24.6 Å². The number of thiophene rings is 1. The molecule has 0 unspecified atom stereocenters. The van der Waals surface area contributed by atoms with E-state index in [1.807, 2.05) is 12.1 Å². The van der Waals surface area contributed by atoms with E-state index in [2.05, 4.69) is 37.2 Å². The van der Waals surface area contributed by atoms with Crippen molar-refractivity contribution in [3.63, 3.8) is 0 Å². The summed E-state index contributed by atoms with van der Waals surface area (Å²) in [7, 11) is 0. The number of amides is 1. The molecule has 2 aromatic rings. The van der Waals surface area contributed by atoms with Gasteiger partial charge in [0.1, 0.15) is 12.4 Å². The molecule has 0 saturated carbocycles. The van der Waals surface area contributed by atoms with Crippen molar-refractivity contribution < 1.29 is 13.9 Å². The summed E-state index contributed by atoms with van der Waals surface area (Å²) in [5.41, 5.74) is 0. The van der Waals surface area contributed by atoms with Gasteiger partial charge in [0.2, 0.25) is 0 Å². The molecule has 1 N–H and O–H groups in total. The fourth-order valence-corrected chi connectivity index (χ4v) is 3.44. The molecule has 1 amide bonds. The lowest BCUT2D eigenvalue weighted by molar-refractivity contribution is 0.0920. The summed E-state index contributed by atoms with van der Waals surface area (Å²) in [4.78, 5) is 12.5. The molecule has 0 saturated heterocycles. The molecule has 2 heterocycles. The molecule has 0 atom stereocenters. The first-order valence-corrected chi connectivity index (χ1v) is 8.40. The number of carbonyl (C=O) groups excluding carboxylic acids is 1. The fourth-order valence-electron chi connectivity index (χ4n) is 1.49. The molecule has 0 aromatic carbocycles. The van der Waals surface area contributed by atoms with Gasteiger partial charge >= 0.3 is 0 Å². The van der Waals surface area contributed by atoms with Crippen molar-refractivity contribution in [2.75, 3.05) is 13.2 Å². The summed E-state index contributed by atoms with van der Waals surface area (Å²) in [5, 5.41) is 2.86. The second-order valence-corrected chi connectivity index (χ2v) is 7.20. The van der Waals surface area contributed by atoms with Crippen LogP contribution >= 0.6 is 43.2 Å². The highest BCUT2D eigenvalue weighted by molar-refractivity contribution is 9.13. The quantitative estimate of drug-likeness (QED) is 0.680. The predicted octanol–water partition coefficient (Wildman–Crippen LogP) is 4.20. The van der Waals surface area contributed by atoms with E-state index in [9.17, 15) is 4.79 Å². The molecule has 7 heteroatoms. The van der Waals surface area contributed by atoms with Crippen LogP contribution in [0.1, 0.15) is 21.9 Å². The highest BCUT2D eigenvalue weighted by Crippen LogP contribution is 2.32. The van der Waals surface area contributed by atoms with E-state index < -0.39 is 0 Å². The highest BCUT2D eigenvalue weighted by Gasteiger charge is 2.11. The number of hydrogen-bond acceptors (Lipinski definition) is 4. The average Bonchev–Trinajstić information content (AvgIpc) is 3.04. The molecule has 0 radical (unpaired) electrons. The lowest BCUT2D eigenvalue weighted by Gasteiger charge is -2.04. The molecule has 0 aliphatic heterocycles. The van der Waals surface area contributed by atoms with E-state index in [0.717, 1.165) is 20.4 Å². The molecular weight excluding hydrogens is 410 g/mol. The largest absolute Gasteiger partial charge is 0.467 e. The first-order chi connectivity index (χ1) is 9.66. The van der Waals surface area contributed by atoms with Gasteiger partial charge in [0.05, 0.1) is 14.9 Å². The van der Waals surface area contributed by atoms with Crippen LogP contribution in [0.2, 0.25) is 0 Å². The van der Waals surface area contributed by atoms with Crippen LogP contribution in [0, 0.1) is 0 Å². The summed E-state index contributed by atoms with van der Waals surface area (Å²) < 4.78 is 12.4. The van der Waals surface area contributed by atoms with Gasteiger partial charge in [-0.05, 0) is 56.5 Å². The molecule has 0 aliphatic rings. The molecule has 0 spiro atoms. The van der Waals surface area contributed by atoms with E-state index in [1.165, 1.54) is 11.3 Å². The maximum absolute atomic E-state index is 11.8. The van der Waals surface area contributed by atoms with Crippen molar-refractivity contribution in [3.05, 3.63) is 43.4 Å². The van der Waals surface area contributed by atoms with Gasteiger partial charge in [0.15, 0.2) is 0 Å². The Morgan fingerprint density at radius 2 is 2.30 bits per heavy atom. The van der Waals surface area contributed by atoms with Crippen LogP contribution in [0.4, 0.5) is 0 Å². The van der Waals surface area contributed by atoms with Crippen LogP contribution < -0.4 is 5.32 Å². The fraction of sp³-hybridized carbons (Fsp3) is 0.308. The van der Waals surface area contributed by atoms with Gasteiger partial charge in [-0.2, -0.15) is 0 Å².